The van der Waals surface area contributed by atoms with Gasteiger partial charge in [-0.15, -0.1) is 15.3 Å². The van der Waals surface area contributed by atoms with Gasteiger partial charge in [-0.2, -0.15) is 0 Å². The molecule has 0 bridgehead atoms. The molecule has 22 heavy (non-hydrogen) atoms. The summed E-state index contributed by atoms with van der Waals surface area (Å²) in [5.74, 6) is -0.0360. The van der Waals surface area contributed by atoms with Gasteiger partial charge in [-0.25, -0.2) is 18.3 Å². The van der Waals surface area contributed by atoms with Crippen molar-refractivity contribution in [2.24, 2.45) is 0 Å². The lowest BCUT2D eigenvalue weighted by Gasteiger charge is -2.02. The van der Waals surface area contributed by atoms with Crippen molar-refractivity contribution in [3.05, 3.63) is 42.0 Å². The second kappa shape index (κ2) is 5.80. The predicted molar refractivity (Wildman–Crippen MR) is 71.9 cm³/mol. The minimum Gasteiger partial charge on any atom is -0.434 e. The number of nitrogens with zero attached hydrogens (tertiary/aromatic N) is 5. The highest BCUT2D eigenvalue weighted by Gasteiger charge is 2.17. The van der Waals surface area contributed by atoms with Crippen LogP contribution < -0.4 is 4.74 Å². The minimum absolute atomic E-state index is 0.0465. The van der Waals surface area contributed by atoms with Gasteiger partial charge in [0.25, 0.3) is 5.78 Å². The van der Waals surface area contributed by atoms with Crippen LogP contribution in [0.4, 0.5) is 9.18 Å². The van der Waals surface area contributed by atoms with E-state index in [1.807, 2.05) is 0 Å². The van der Waals surface area contributed by atoms with E-state index in [4.69, 9.17) is 9.47 Å². The molecule has 114 valence electrons. The molecule has 8 nitrogen and oxygen atoms in total. The summed E-state index contributed by atoms with van der Waals surface area (Å²) in [4.78, 5) is 11.4. The molecule has 2 aromatic heterocycles. The quantitative estimate of drug-likeness (QED) is 0.681. The maximum Gasteiger partial charge on any atom is 0.516 e. The lowest BCUT2D eigenvalue weighted by molar-refractivity contribution is 0.100. The van der Waals surface area contributed by atoms with Gasteiger partial charge in [-0.05, 0) is 13.0 Å². The van der Waals surface area contributed by atoms with Gasteiger partial charge in [0.15, 0.2) is 0 Å². The van der Waals surface area contributed by atoms with Crippen LogP contribution >= 0.6 is 0 Å². The number of hydrogen-bond donors (Lipinski definition) is 0. The molecule has 0 saturated carbocycles. The fourth-order valence-electron chi connectivity index (χ4n) is 1.92. The normalized spacial score (nSPS) is 10.8. The van der Waals surface area contributed by atoms with Crippen molar-refractivity contribution in [1.82, 2.24) is 24.4 Å². The Labute approximate surface area is 124 Å². The van der Waals surface area contributed by atoms with Crippen LogP contribution in [0.5, 0.6) is 6.01 Å². The second-order valence-corrected chi connectivity index (χ2v) is 4.32. The summed E-state index contributed by atoms with van der Waals surface area (Å²) in [6.07, 6.45) is 0.461. The molecule has 0 aliphatic rings. The van der Waals surface area contributed by atoms with E-state index in [0.717, 1.165) is 0 Å². The zero-order valence-electron chi connectivity index (χ0n) is 11.6. The maximum atomic E-state index is 13.7. The Morgan fingerprint density at radius 2 is 2.18 bits per heavy atom. The highest BCUT2D eigenvalue weighted by Crippen LogP contribution is 2.15. The van der Waals surface area contributed by atoms with Crippen LogP contribution in [0.1, 0.15) is 12.5 Å². The van der Waals surface area contributed by atoms with Gasteiger partial charge in [0.05, 0.1) is 13.2 Å². The van der Waals surface area contributed by atoms with E-state index in [1.54, 1.807) is 25.1 Å². The highest BCUT2D eigenvalue weighted by molar-refractivity contribution is 5.62. The first kappa shape index (κ1) is 14.0. The first-order valence-electron chi connectivity index (χ1n) is 6.53. The summed E-state index contributed by atoms with van der Waals surface area (Å²) in [5.41, 5.74) is 0.429. The van der Waals surface area contributed by atoms with Gasteiger partial charge in [-0.1, -0.05) is 18.2 Å². The van der Waals surface area contributed by atoms with E-state index in [9.17, 15) is 9.18 Å². The van der Waals surface area contributed by atoms with Gasteiger partial charge in [-0.3, -0.25) is 0 Å². The Morgan fingerprint density at radius 3 is 2.95 bits per heavy atom. The van der Waals surface area contributed by atoms with Crippen molar-refractivity contribution in [3.63, 3.8) is 0 Å². The molecule has 3 aromatic rings. The first-order valence-corrected chi connectivity index (χ1v) is 6.53. The molecular formula is C13H12FN5O3. The number of benzene rings is 1. The van der Waals surface area contributed by atoms with E-state index in [-0.39, 0.29) is 25.0 Å². The van der Waals surface area contributed by atoms with E-state index in [2.05, 4.69) is 15.3 Å². The molecule has 3 rings (SSSR count). The summed E-state index contributed by atoms with van der Waals surface area (Å²) in [5, 5.41) is 11.7. The third-order valence-electron chi connectivity index (χ3n) is 2.89. The lowest BCUT2D eigenvalue weighted by Crippen LogP contribution is -2.12. The van der Waals surface area contributed by atoms with Crippen LogP contribution in [0.2, 0.25) is 0 Å². The van der Waals surface area contributed by atoms with Gasteiger partial charge in [0, 0.05) is 5.56 Å². The topological polar surface area (TPSA) is 83.5 Å². The van der Waals surface area contributed by atoms with Crippen molar-refractivity contribution in [3.8, 4) is 6.01 Å². The van der Waals surface area contributed by atoms with Crippen molar-refractivity contribution < 1.29 is 18.7 Å². The SMILES string of the molecule is CCOC(=O)Oc1nn(Cc2ccccc2F)c2nncn12. The average Bonchev–Trinajstić information content (AvgIpc) is 3.07. The van der Waals surface area contributed by atoms with E-state index in [0.29, 0.717) is 11.3 Å². The second-order valence-electron chi connectivity index (χ2n) is 4.32. The molecule has 0 atom stereocenters. The van der Waals surface area contributed by atoms with E-state index >= 15 is 0 Å². The number of carbonyl (C=O) groups is 1. The predicted octanol–water partition coefficient (Wildman–Crippen LogP) is 1.65. The van der Waals surface area contributed by atoms with Crippen LogP contribution in [0.3, 0.4) is 0 Å². The summed E-state index contributed by atoms with van der Waals surface area (Å²) in [7, 11) is 0. The van der Waals surface area contributed by atoms with Crippen LogP contribution in [0, 0.1) is 5.82 Å². The fourth-order valence-corrected chi connectivity index (χ4v) is 1.92. The van der Waals surface area contributed by atoms with Crippen molar-refractivity contribution in [1.29, 1.82) is 0 Å². The van der Waals surface area contributed by atoms with Gasteiger partial charge in [0.2, 0.25) is 0 Å². The molecule has 0 saturated heterocycles. The van der Waals surface area contributed by atoms with Crippen LogP contribution in [0.25, 0.3) is 5.78 Å². The maximum absolute atomic E-state index is 13.7. The van der Waals surface area contributed by atoms with Crippen LogP contribution in [-0.2, 0) is 11.3 Å². The molecule has 0 unspecified atom stereocenters. The molecule has 2 heterocycles. The molecule has 0 N–H and O–H groups in total. The van der Waals surface area contributed by atoms with Gasteiger partial charge >= 0.3 is 12.2 Å². The summed E-state index contributed by atoms with van der Waals surface area (Å²) < 4.78 is 26.2. The minimum atomic E-state index is -0.881. The fraction of sp³-hybridized carbons (Fsp3) is 0.231. The third kappa shape index (κ3) is 2.60. The standard InChI is InChI=1S/C13H12FN5O3/c1-2-21-13(20)22-12-17-19(11-16-15-8-18(11)12)7-9-5-3-4-6-10(9)14/h3-6,8H,2,7H2,1H3. The number of carbonyl (C=O) groups excluding carboxylic acids is 1. The molecule has 1 aromatic carbocycles. The zero-order valence-corrected chi connectivity index (χ0v) is 11.6. The Bertz CT molecular complexity index is 813. The Balaban J connectivity index is 1.92. The van der Waals surface area contributed by atoms with Crippen LogP contribution in [0.15, 0.2) is 30.6 Å². The van der Waals surface area contributed by atoms with Crippen LogP contribution in [-0.4, -0.2) is 37.1 Å². The van der Waals surface area contributed by atoms with E-state index in [1.165, 1.54) is 21.5 Å². The largest absolute Gasteiger partial charge is 0.516 e. The zero-order chi connectivity index (χ0) is 15.5. The van der Waals surface area contributed by atoms with Crippen molar-refractivity contribution >= 4 is 11.9 Å². The summed E-state index contributed by atoms with van der Waals surface area (Å²) in [6.45, 7) is 1.97. The van der Waals surface area contributed by atoms with Crippen molar-refractivity contribution in [2.75, 3.05) is 6.61 Å². The molecule has 0 radical (unpaired) electrons. The smallest absolute Gasteiger partial charge is 0.434 e. The number of rotatable bonds is 4. The summed E-state index contributed by atoms with van der Waals surface area (Å²) >= 11 is 0. The van der Waals surface area contributed by atoms with Gasteiger partial charge in [0.1, 0.15) is 12.1 Å². The van der Waals surface area contributed by atoms with Crippen molar-refractivity contribution in [2.45, 2.75) is 13.5 Å². The summed E-state index contributed by atoms with van der Waals surface area (Å²) in [6, 6.07) is 6.27. The molecule has 0 spiro atoms. The first-order chi connectivity index (χ1) is 10.7. The molecule has 0 amide bonds. The van der Waals surface area contributed by atoms with Gasteiger partial charge < -0.3 is 9.47 Å². The molecule has 9 heteroatoms. The monoisotopic (exact) mass is 305 g/mol. The molecular weight excluding hydrogens is 293 g/mol. The molecule has 0 aliphatic carbocycles. The lowest BCUT2D eigenvalue weighted by atomic mass is 10.2. The Morgan fingerprint density at radius 1 is 1.36 bits per heavy atom. The number of halogens is 1. The Kier molecular flexibility index (Phi) is 3.69. The number of ether oxygens (including phenoxy) is 2. The van der Waals surface area contributed by atoms with E-state index < -0.39 is 6.16 Å². The molecule has 0 fully saturated rings. The average molecular weight is 305 g/mol. The highest BCUT2D eigenvalue weighted by atomic mass is 19.1. The Hall–Kier alpha value is -2.97. The number of aromatic nitrogens is 5. The number of fused-ring (bicyclic) bond motifs is 1. The third-order valence-corrected chi connectivity index (χ3v) is 2.89. The number of hydrogen-bond acceptors (Lipinski definition) is 6. The molecule has 0 aliphatic heterocycles.